The molecule has 14 heavy (non-hydrogen) atoms. The first kappa shape index (κ1) is 11.6. The van der Waals surface area contributed by atoms with Crippen LogP contribution in [-0.2, 0) is 4.79 Å². The molecule has 0 aromatic heterocycles. The van der Waals surface area contributed by atoms with Gasteiger partial charge in [0.2, 0.25) is 5.92 Å². The van der Waals surface area contributed by atoms with Crippen LogP contribution in [0.5, 0.6) is 0 Å². The van der Waals surface area contributed by atoms with Crippen molar-refractivity contribution in [3.8, 4) is 0 Å². The van der Waals surface area contributed by atoms with Gasteiger partial charge >= 0.3 is 0 Å². The number of aliphatic hydroxyl groups is 1. The molecule has 4 heteroatoms. The molecule has 1 saturated carbocycles. The molecule has 0 heterocycles. The fourth-order valence-corrected chi connectivity index (χ4v) is 1.99. The Hall–Kier alpha value is -0.510. The average molecular weight is 206 g/mol. The second-order valence-electron chi connectivity index (χ2n) is 4.07. The van der Waals surface area contributed by atoms with Crippen molar-refractivity contribution < 1.29 is 18.7 Å². The van der Waals surface area contributed by atoms with Crippen molar-refractivity contribution in [3.63, 3.8) is 0 Å². The summed E-state index contributed by atoms with van der Waals surface area (Å²) in [6.45, 7) is 1.41. The first-order chi connectivity index (χ1) is 6.46. The topological polar surface area (TPSA) is 37.3 Å². The van der Waals surface area contributed by atoms with E-state index in [1.54, 1.807) is 6.92 Å². The number of carbonyl (C=O) groups excluding carboxylic acids is 1. The highest BCUT2D eigenvalue weighted by atomic mass is 19.3. The largest absolute Gasteiger partial charge is 0.395 e. The third-order valence-electron chi connectivity index (χ3n) is 3.15. The van der Waals surface area contributed by atoms with E-state index in [0.717, 1.165) is 0 Å². The van der Waals surface area contributed by atoms with Crippen LogP contribution in [0.4, 0.5) is 8.78 Å². The number of rotatable bonds is 3. The lowest BCUT2D eigenvalue weighted by atomic mass is 9.70. The molecule has 0 amide bonds. The summed E-state index contributed by atoms with van der Waals surface area (Å²) < 4.78 is 25.7. The molecule has 0 radical (unpaired) electrons. The van der Waals surface area contributed by atoms with Gasteiger partial charge in [0.25, 0.3) is 0 Å². The van der Waals surface area contributed by atoms with E-state index in [2.05, 4.69) is 0 Å². The molecule has 1 aliphatic rings. The zero-order valence-electron chi connectivity index (χ0n) is 8.35. The highest BCUT2D eigenvalue weighted by Gasteiger charge is 2.46. The summed E-state index contributed by atoms with van der Waals surface area (Å²) in [4.78, 5) is 11.5. The van der Waals surface area contributed by atoms with Gasteiger partial charge in [0.15, 0.2) is 0 Å². The molecule has 0 aliphatic heterocycles. The number of hydrogen-bond donors (Lipinski definition) is 1. The molecule has 0 atom stereocenters. The van der Waals surface area contributed by atoms with Gasteiger partial charge in [0.1, 0.15) is 5.78 Å². The zero-order valence-corrected chi connectivity index (χ0v) is 8.35. The van der Waals surface area contributed by atoms with E-state index in [0.29, 0.717) is 6.42 Å². The number of halogens is 2. The van der Waals surface area contributed by atoms with Gasteiger partial charge in [-0.2, -0.15) is 0 Å². The van der Waals surface area contributed by atoms with Gasteiger partial charge < -0.3 is 5.11 Å². The van der Waals surface area contributed by atoms with Crippen molar-refractivity contribution in [2.75, 3.05) is 6.61 Å². The van der Waals surface area contributed by atoms with E-state index >= 15 is 0 Å². The number of aliphatic hydroxyl groups excluding tert-OH is 1. The standard InChI is InChI=1S/C10H16F2O2/c1-2-8(14)9(7-13)3-5-10(11,12)6-4-9/h13H,2-7H2,1H3. The van der Waals surface area contributed by atoms with Gasteiger partial charge in [-0.15, -0.1) is 0 Å². The number of ketones is 1. The number of hydrogen-bond acceptors (Lipinski definition) is 2. The van der Waals surface area contributed by atoms with Gasteiger partial charge in [-0.3, -0.25) is 4.79 Å². The zero-order chi connectivity index (χ0) is 10.8. The summed E-state index contributed by atoms with van der Waals surface area (Å²) in [5, 5.41) is 9.15. The molecule has 1 aliphatic carbocycles. The van der Waals surface area contributed by atoms with Crippen LogP contribution in [0.3, 0.4) is 0 Å². The Bertz CT molecular complexity index is 216. The monoisotopic (exact) mass is 206 g/mol. The Morgan fingerprint density at radius 1 is 1.29 bits per heavy atom. The molecule has 0 aromatic rings. The van der Waals surface area contributed by atoms with Crippen LogP contribution in [0.25, 0.3) is 0 Å². The molecular formula is C10H16F2O2. The third kappa shape index (κ3) is 2.11. The van der Waals surface area contributed by atoms with Gasteiger partial charge in [0, 0.05) is 19.3 Å². The molecule has 0 aromatic carbocycles. The summed E-state index contributed by atoms with van der Waals surface area (Å²) in [6.07, 6.45) is -0.0168. The van der Waals surface area contributed by atoms with Crippen LogP contribution in [0.15, 0.2) is 0 Å². The maximum absolute atomic E-state index is 12.9. The minimum absolute atomic E-state index is 0.0875. The lowest BCUT2D eigenvalue weighted by Crippen LogP contribution is -2.41. The first-order valence-electron chi connectivity index (χ1n) is 4.98. The van der Waals surface area contributed by atoms with E-state index in [1.807, 2.05) is 0 Å². The van der Waals surface area contributed by atoms with Crippen molar-refractivity contribution in [3.05, 3.63) is 0 Å². The van der Waals surface area contributed by atoms with Crippen LogP contribution in [-0.4, -0.2) is 23.4 Å². The summed E-state index contributed by atoms with van der Waals surface area (Å²) in [6, 6.07) is 0. The normalized spacial score (nSPS) is 24.6. The minimum Gasteiger partial charge on any atom is -0.395 e. The third-order valence-corrected chi connectivity index (χ3v) is 3.15. The van der Waals surface area contributed by atoms with Gasteiger partial charge in [-0.25, -0.2) is 8.78 Å². The Kier molecular flexibility index (Phi) is 3.24. The highest BCUT2D eigenvalue weighted by molar-refractivity contribution is 5.84. The Balaban J connectivity index is 2.71. The van der Waals surface area contributed by atoms with E-state index < -0.39 is 11.3 Å². The highest BCUT2D eigenvalue weighted by Crippen LogP contribution is 2.44. The van der Waals surface area contributed by atoms with Crippen molar-refractivity contribution in [1.29, 1.82) is 0 Å². The number of alkyl halides is 2. The maximum Gasteiger partial charge on any atom is 0.248 e. The summed E-state index contributed by atoms with van der Waals surface area (Å²) >= 11 is 0. The molecule has 0 saturated heterocycles. The van der Waals surface area contributed by atoms with Crippen molar-refractivity contribution in [1.82, 2.24) is 0 Å². The fraction of sp³-hybridized carbons (Fsp3) is 0.900. The first-order valence-corrected chi connectivity index (χ1v) is 4.98. The lowest BCUT2D eigenvalue weighted by molar-refractivity contribution is -0.140. The Labute approximate surface area is 82.3 Å². The van der Waals surface area contributed by atoms with Crippen molar-refractivity contribution in [2.45, 2.75) is 45.0 Å². The van der Waals surface area contributed by atoms with Crippen LogP contribution < -0.4 is 0 Å². The SMILES string of the molecule is CCC(=O)C1(CO)CCC(F)(F)CC1. The number of carbonyl (C=O) groups is 1. The van der Waals surface area contributed by atoms with Gasteiger partial charge in [-0.1, -0.05) is 6.92 Å². The lowest BCUT2D eigenvalue weighted by Gasteiger charge is -2.37. The molecule has 0 spiro atoms. The van der Waals surface area contributed by atoms with Gasteiger partial charge in [-0.05, 0) is 12.8 Å². The van der Waals surface area contributed by atoms with Crippen molar-refractivity contribution in [2.24, 2.45) is 5.41 Å². The minimum atomic E-state index is -2.65. The van der Waals surface area contributed by atoms with Crippen LogP contribution in [0.2, 0.25) is 0 Å². The molecule has 0 bridgehead atoms. The second kappa shape index (κ2) is 3.93. The number of Topliss-reactive ketones (excluding diaryl/α,β-unsaturated/α-hetero) is 1. The van der Waals surface area contributed by atoms with E-state index in [-0.39, 0.29) is 38.1 Å². The Morgan fingerprint density at radius 2 is 1.79 bits per heavy atom. The van der Waals surface area contributed by atoms with Crippen LogP contribution in [0.1, 0.15) is 39.0 Å². The molecule has 1 fully saturated rings. The quantitative estimate of drug-likeness (QED) is 0.768. The van der Waals surface area contributed by atoms with E-state index in [1.165, 1.54) is 0 Å². The molecule has 1 rings (SSSR count). The predicted octanol–water partition coefficient (Wildman–Crippen LogP) is 2.15. The van der Waals surface area contributed by atoms with E-state index in [4.69, 9.17) is 5.11 Å². The summed E-state index contributed by atoms with van der Waals surface area (Å²) in [7, 11) is 0. The summed E-state index contributed by atoms with van der Waals surface area (Å²) in [5.74, 6) is -2.73. The van der Waals surface area contributed by atoms with E-state index in [9.17, 15) is 13.6 Å². The molecule has 1 N–H and O–H groups in total. The molecule has 2 nitrogen and oxygen atoms in total. The second-order valence-corrected chi connectivity index (χ2v) is 4.07. The smallest absolute Gasteiger partial charge is 0.248 e. The van der Waals surface area contributed by atoms with Crippen LogP contribution >= 0.6 is 0 Å². The molecule has 82 valence electrons. The maximum atomic E-state index is 12.9. The molecule has 0 unspecified atom stereocenters. The van der Waals surface area contributed by atoms with Gasteiger partial charge in [0.05, 0.1) is 12.0 Å². The molecular weight excluding hydrogens is 190 g/mol. The Morgan fingerprint density at radius 3 is 2.14 bits per heavy atom. The van der Waals surface area contributed by atoms with Crippen LogP contribution in [0, 0.1) is 5.41 Å². The van der Waals surface area contributed by atoms with Crippen molar-refractivity contribution >= 4 is 5.78 Å². The average Bonchev–Trinajstić information content (AvgIpc) is 2.18. The fourth-order valence-electron chi connectivity index (χ4n) is 1.99. The summed E-state index contributed by atoms with van der Waals surface area (Å²) in [5.41, 5.74) is -0.879. The predicted molar refractivity (Wildman–Crippen MR) is 48.2 cm³/mol.